The van der Waals surface area contributed by atoms with Crippen molar-refractivity contribution in [2.45, 2.75) is 6.92 Å². The lowest BCUT2D eigenvalue weighted by Gasteiger charge is -1.95. The molecule has 1 heterocycles. The molecule has 0 bridgehead atoms. The summed E-state index contributed by atoms with van der Waals surface area (Å²) in [5.74, 6) is -0.155. The van der Waals surface area contributed by atoms with Crippen LogP contribution in [0.1, 0.15) is 17.5 Å². The van der Waals surface area contributed by atoms with E-state index in [0.717, 1.165) is 8.96 Å². The van der Waals surface area contributed by atoms with E-state index in [1.165, 1.54) is 0 Å². The molecule has 0 spiro atoms. The Morgan fingerprint density at radius 3 is 3.00 bits per heavy atom. The molecule has 2 rings (SSSR count). The fraction of sp³-hybridized carbons (Fsp3) is 0.182. The molecule has 1 aromatic heterocycles. The van der Waals surface area contributed by atoms with E-state index >= 15 is 0 Å². The maximum atomic E-state index is 11.4. The summed E-state index contributed by atoms with van der Waals surface area (Å²) in [7, 11) is 0. The second-order valence-corrected chi connectivity index (χ2v) is 4.26. The minimum atomic E-state index is -0.413. The monoisotopic (exact) mass is 316 g/mol. The smallest absolute Gasteiger partial charge is 0.374 e. The van der Waals surface area contributed by atoms with E-state index in [9.17, 15) is 4.79 Å². The number of fused-ring (bicyclic) bond motifs is 1. The van der Waals surface area contributed by atoms with Crippen LogP contribution in [0.15, 0.2) is 28.7 Å². The topological polar surface area (TPSA) is 39.4 Å². The molecule has 0 aliphatic carbocycles. The minimum absolute atomic E-state index is 0.258. The molecular formula is C11H9IO3. The third kappa shape index (κ3) is 2.14. The molecule has 15 heavy (non-hydrogen) atoms. The highest BCUT2D eigenvalue weighted by atomic mass is 127. The highest BCUT2D eigenvalue weighted by molar-refractivity contribution is 14.1. The summed E-state index contributed by atoms with van der Waals surface area (Å²) >= 11 is 2.19. The van der Waals surface area contributed by atoms with E-state index in [-0.39, 0.29) is 5.76 Å². The number of carbonyl (C=O) groups is 1. The van der Waals surface area contributed by atoms with Gasteiger partial charge in [-0.05, 0) is 47.7 Å². The first kappa shape index (κ1) is 10.5. The number of esters is 1. The first-order chi connectivity index (χ1) is 7.20. The number of carbonyl (C=O) groups excluding carboxylic acids is 1. The Kier molecular flexibility index (Phi) is 2.95. The van der Waals surface area contributed by atoms with Crippen LogP contribution in [0, 0.1) is 3.57 Å². The van der Waals surface area contributed by atoms with Gasteiger partial charge in [-0.3, -0.25) is 0 Å². The Bertz CT molecular complexity index is 502. The van der Waals surface area contributed by atoms with Crippen LogP contribution in [0.4, 0.5) is 0 Å². The SMILES string of the molecule is CCOC(=O)c1cc2ccc(I)cc2o1. The molecule has 0 atom stereocenters. The summed E-state index contributed by atoms with van der Waals surface area (Å²) < 4.78 is 11.3. The molecule has 78 valence electrons. The Morgan fingerprint density at radius 2 is 2.27 bits per heavy atom. The number of hydrogen-bond donors (Lipinski definition) is 0. The van der Waals surface area contributed by atoms with Crippen LogP contribution in [0.5, 0.6) is 0 Å². The van der Waals surface area contributed by atoms with Crippen molar-refractivity contribution in [3.05, 3.63) is 33.6 Å². The average molecular weight is 316 g/mol. The maximum Gasteiger partial charge on any atom is 0.374 e. The fourth-order valence-electron chi connectivity index (χ4n) is 1.31. The van der Waals surface area contributed by atoms with Crippen molar-refractivity contribution < 1.29 is 13.9 Å². The van der Waals surface area contributed by atoms with Gasteiger partial charge >= 0.3 is 5.97 Å². The summed E-state index contributed by atoms with van der Waals surface area (Å²) in [6.07, 6.45) is 0. The summed E-state index contributed by atoms with van der Waals surface area (Å²) in [5, 5.41) is 0.915. The van der Waals surface area contributed by atoms with E-state index in [1.54, 1.807) is 13.0 Å². The quantitative estimate of drug-likeness (QED) is 0.631. The molecule has 2 aromatic rings. The van der Waals surface area contributed by atoms with Crippen molar-refractivity contribution in [3.8, 4) is 0 Å². The van der Waals surface area contributed by atoms with Crippen molar-refractivity contribution >= 4 is 39.5 Å². The van der Waals surface area contributed by atoms with Gasteiger partial charge in [0, 0.05) is 8.96 Å². The van der Waals surface area contributed by atoms with Gasteiger partial charge in [-0.2, -0.15) is 0 Å². The fourth-order valence-corrected chi connectivity index (χ4v) is 1.77. The summed E-state index contributed by atoms with van der Waals surface area (Å²) in [6, 6.07) is 7.47. The molecular weight excluding hydrogens is 307 g/mol. The molecule has 0 aliphatic heterocycles. The Morgan fingerprint density at radius 1 is 1.47 bits per heavy atom. The van der Waals surface area contributed by atoms with Crippen molar-refractivity contribution in [1.82, 2.24) is 0 Å². The molecule has 0 N–H and O–H groups in total. The Hall–Kier alpha value is -1.04. The average Bonchev–Trinajstić information content (AvgIpc) is 2.60. The van der Waals surface area contributed by atoms with Crippen LogP contribution in [0.2, 0.25) is 0 Å². The molecule has 3 nitrogen and oxygen atoms in total. The first-order valence-electron chi connectivity index (χ1n) is 4.57. The maximum absolute atomic E-state index is 11.4. The Labute approximate surface area is 101 Å². The number of halogens is 1. The number of hydrogen-bond acceptors (Lipinski definition) is 3. The van der Waals surface area contributed by atoms with Gasteiger partial charge < -0.3 is 9.15 Å². The van der Waals surface area contributed by atoms with Gasteiger partial charge in [0.25, 0.3) is 0 Å². The van der Waals surface area contributed by atoms with Crippen molar-refractivity contribution in [2.24, 2.45) is 0 Å². The van der Waals surface area contributed by atoms with Gasteiger partial charge in [-0.1, -0.05) is 6.07 Å². The van der Waals surface area contributed by atoms with E-state index in [1.807, 2.05) is 18.2 Å². The van der Waals surface area contributed by atoms with Gasteiger partial charge in [0.1, 0.15) is 5.58 Å². The third-order valence-electron chi connectivity index (χ3n) is 1.96. The third-order valence-corrected chi connectivity index (χ3v) is 2.63. The summed E-state index contributed by atoms with van der Waals surface area (Å²) in [4.78, 5) is 11.4. The van der Waals surface area contributed by atoms with Crippen LogP contribution in [0.25, 0.3) is 11.0 Å². The zero-order valence-corrected chi connectivity index (χ0v) is 10.3. The van der Waals surface area contributed by atoms with Crippen LogP contribution < -0.4 is 0 Å². The number of benzene rings is 1. The molecule has 1 aromatic carbocycles. The van der Waals surface area contributed by atoms with Crippen molar-refractivity contribution in [2.75, 3.05) is 6.61 Å². The van der Waals surface area contributed by atoms with E-state index in [2.05, 4.69) is 22.6 Å². The molecule has 0 saturated heterocycles. The molecule has 0 radical (unpaired) electrons. The van der Waals surface area contributed by atoms with Crippen LogP contribution in [-0.2, 0) is 4.74 Å². The zero-order valence-electron chi connectivity index (χ0n) is 8.12. The van der Waals surface area contributed by atoms with Crippen LogP contribution >= 0.6 is 22.6 Å². The lowest BCUT2D eigenvalue weighted by Crippen LogP contribution is -2.02. The van der Waals surface area contributed by atoms with Gasteiger partial charge in [0.05, 0.1) is 6.61 Å². The highest BCUT2D eigenvalue weighted by Crippen LogP contribution is 2.22. The van der Waals surface area contributed by atoms with E-state index in [0.29, 0.717) is 12.2 Å². The largest absolute Gasteiger partial charge is 0.460 e. The summed E-state index contributed by atoms with van der Waals surface area (Å²) in [5.41, 5.74) is 0.713. The lowest BCUT2D eigenvalue weighted by molar-refractivity contribution is 0.0492. The second kappa shape index (κ2) is 4.22. The van der Waals surface area contributed by atoms with Crippen molar-refractivity contribution in [3.63, 3.8) is 0 Å². The normalized spacial score (nSPS) is 10.5. The van der Waals surface area contributed by atoms with Gasteiger partial charge in [0.15, 0.2) is 0 Å². The van der Waals surface area contributed by atoms with Crippen LogP contribution in [-0.4, -0.2) is 12.6 Å². The zero-order chi connectivity index (χ0) is 10.8. The van der Waals surface area contributed by atoms with Gasteiger partial charge in [-0.15, -0.1) is 0 Å². The van der Waals surface area contributed by atoms with E-state index in [4.69, 9.17) is 9.15 Å². The molecule has 0 amide bonds. The number of rotatable bonds is 2. The predicted molar refractivity (Wildman–Crippen MR) is 64.9 cm³/mol. The second-order valence-electron chi connectivity index (χ2n) is 3.01. The lowest BCUT2D eigenvalue weighted by atomic mass is 10.2. The number of furan rings is 1. The van der Waals surface area contributed by atoms with E-state index < -0.39 is 5.97 Å². The van der Waals surface area contributed by atoms with Crippen LogP contribution in [0.3, 0.4) is 0 Å². The standard InChI is InChI=1S/C11H9IO3/c1-2-14-11(13)10-5-7-3-4-8(12)6-9(7)15-10/h3-6H,2H2,1H3. The molecule has 4 heteroatoms. The Balaban J connectivity index is 2.42. The summed E-state index contributed by atoms with van der Waals surface area (Å²) in [6.45, 7) is 2.12. The predicted octanol–water partition coefficient (Wildman–Crippen LogP) is 3.21. The first-order valence-corrected chi connectivity index (χ1v) is 5.65. The molecule has 0 aliphatic rings. The molecule has 0 saturated carbocycles. The minimum Gasteiger partial charge on any atom is -0.460 e. The number of ether oxygens (including phenoxy) is 1. The van der Waals surface area contributed by atoms with Gasteiger partial charge in [0.2, 0.25) is 5.76 Å². The highest BCUT2D eigenvalue weighted by Gasteiger charge is 2.12. The van der Waals surface area contributed by atoms with Gasteiger partial charge in [-0.25, -0.2) is 4.79 Å². The van der Waals surface area contributed by atoms with Crippen molar-refractivity contribution in [1.29, 1.82) is 0 Å². The molecule has 0 unspecified atom stereocenters. The molecule has 0 fully saturated rings.